The van der Waals surface area contributed by atoms with Crippen molar-refractivity contribution in [1.29, 1.82) is 0 Å². The van der Waals surface area contributed by atoms with Crippen LogP contribution in [0.2, 0.25) is 0 Å². The minimum absolute atomic E-state index is 0.326. The predicted octanol–water partition coefficient (Wildman–Crippen LogP) is 0.439. The molecule has 0 spiro atoms. The van der Waals surface area contributed by atoms with Crippen LogP contribution in [0.5, 0.6) is 0 Å². The lowest BCUT2D eigenvalue weighted by atomic mass is 10.0. The maximum atomic E-state index is 11.7. The smallest absolute Gasteiger partial charge is 0.251 e. The van der Waals surface area contributed by atoms with Crippen LogP contribution in [0.4, 0.5) is 0 Å². The number of hydrogen-bond donors (Lipinski definition) is 7. The molecule has 0 saturated carbocycles. The van der Waals surface area contributed by atoms with E-state index in [0.717, 1.165) is 19.5 Å². The van der Waals surface area contributed by atoms with Gasteiger partial charge in [-0.1, -0.05) is 64.7 Å². The highest BCUT2D eigenvalue weighted by Crippen LogP contribution is 2.10. The van der Waals surface area contributed by atoms with Gasteiger partial charge < -0.3 is 36.2 Å². The van der Waals surface area contributed by atoms with E-state index in [1.165, 1.54) is 57.8 Å². The molecule has 4 atom stereocenters. The number of aliphatic hydroxyl groups is 5. The summed E-state index contributed by atoms with van der Waals surface area (Å²) < 4.78 is 0. The summed E-state index contributed by atoms with van der Waals surface area (Å²) in [5, 5.41) is 52.6. The Bertz CT molecular complexity index is 386. The lowest BCUT2D eigenvalue weighted by Gasteiger charge is -2.24. The van der Waals surface area contributed by atoms with Crippen LogP contribution in [0, 0.1) is 0 Å². The van der Waals surface area contributed by atoms with Gasteiger partial charge in [0.25, 0.3) is 5.91 Å². The second-order valence-electron chi connectivity index (χ2n) is 7.75. The Morgan fingerprint density at radius 2 is 1.24 bits per heavy atom. The van der Waals surface area contributed by atoms with E-state index in [9.17, 15) is 25.2 Å². The number of rotatable bonds is 20. The van der Waals surface area contributed by atoms with Gasteiger partial charge in [-0.2, -0.15) is 0 Å². The zero-order valence-corrected chi connectivity index (χ0v) is 18.1. The predicted molar refractivity (Wildman–Crippen MR) is 113 cm³/mol. The van der Waals surface area contributed by atoms with E-state index >= 15 is 0 Å². The Balaban J connectivity index is 3.50. The zero-order valence-electron chi connectivity index (χ0n) is 18.1. The van der Waals surface area contributed by atoms with Gasteiger partial charge in [0.2, 0.25) is 0 Å². The minimum atomic E-state index is -1.87. The molecule has 0 rings (SSSR count). The van der Waals surface area contributed by atoms with E-state index in [1.807, 2.05) is 0 Å². The third kappa shape index (κ3) is 14.8. The molecular weight excluding hydrogens is 376 g/mol. The van der Waals surface area contributed by atoms with Crippen LogP contribution in [0.15, 0.2) is 0 Å². The molecule has 0 heterocycles. The molecular formula is C21H44N2O6. The maximum Gasteiger partial charge on any atom is 0.251 e. The Morgan fingerprint density at radius 1 is 0.724 bits per heavy atom. The number of unbranched alkanes of at least 4 members (excludes halogenated alkanes) is 9. The Kier molecular flexibility index (Phi) is 18.7. The van der Waals surface area contributed by atoms with E-state index in [2.05, 4.69) is 17.6 Å². The molecule has 0 aromatic carbocycles. The summed E-state index contributed by atoms with van der Waals surface area (Å²) in [5.74, 6) is -0.823. The van der Waals surface area contributed by atoms with Crippen molar-refractivity contribution in [2.75, 3.05) is 26.2 Å². The first kappa shape index (κ1) is 28.2. The number of nitrogens with one attached hydrogen (secondary N) is 2. The van der Waals surface area contributed by atoms with Crippen LogP contribution in [0.3, 0.4) is 0 Å². The first-order chi connectivity index (χ1) is 14.0. The number of carbonyl (C=O) groups is 1. The average Bonchev–Trinajstić information content (AvgIpc) is 2.73. The summed E-state index contributed by atoms with van der Waals surface area (Å²) in [4.78, 5) is 11.7. The number of carbonyl (C=O) groups excluding carboxylic acids is 1. The Hall–Kier alpha value is -0.770. The Morgan fingerprint density at radius 3 is 1.79 bits per heavy atom. The minimum Gasteiger partial charge on any atom is -0.394 e. The molecule has 0 fully saturated rings. The molecule has 8 nitrogen and oxygen atoms in total. The molecule has 0 aromatic heterocycles. The molecule has 0 aliphatic carbocycles. The third-order valence-corrected chi connectivity index (χ3v) is 5.06. The van der Waals surface area contributed by atoms with E-state index in [1.54, 1.807) is 0 Å². The van der Waals surface area contributed by atoms with E-state index in [-0.39, 0.29) is 0 Å². The van der Waals surface area contributed by atoms with Gasteiger partial charge in [0.15, 0.2) is 6.10 Å². The lowest BCUT2D eigenvalue weighted by molar-refractivity contribution is -0.148. The molecule has 0 unspecified atom stereocenters. The molecule has 29 heavy (non-hydrogen) atoms. The van der Waals surface area contributed by atoms with E-state index in [0.29, 0.717) is 13.0 Å². The van der Waals surface area contributed by atoms with Crippen LogP contribution >= 0.6 is 0 Å². The van der Waals surface area contributed by atoms with Crippen LogP contribution in [-0.2, 0) is 4.79 Å². The van der Waals surface area contributed by atoms with Gasteiger partial charge >= 0.3 is 0 Å². The second kappa shape index (κ2) is 19.2. The van der Waals surface area contributed by atoms with Crippen molar-refractivity contribution in [3.63, 3.8) is 0 Å². The molecule has 0 aliphatic heterocycles. The molecule has 0 aromatic rings. The monoisotopic (exact) mass is 420 g/mol. The number of hydrogen-bond acceptors (Lipinski definition) is 7. The third-order valence-electron chi connectivity index (χ3n) is 5.06. The molecule has 0 aliphatic rings. The van der Waals surface area contributed by atoms with Gasteiger partial charge in [-0.3, -0.25) is 4.79 Å². The summed E-state index contributed by atoms with van der Waals surface area (Å²) in [7, 11) is 0. The number of amides is 1. The van der Waals surface area contributed by atoms with Gasteiger partial charge in [0.1, 0.15) is 18.3 Å². The van der Waals surface area contributed by atoms with Crippen molar-refractivity contribution in [1.82, 2.24) is 10.6 Å². The fourth-order valence-electron chi connectivity index (χ4n) is 3.07. The quantitative estimate of drug-likeness (QED) is 0.142. The van der Waals surface area contributed by atoms with Gasteiger partial charge in [0.05, 0.1) is 6.61 Å². The first-order valence-corrected chi connectivity index (χ1v) is 11.3. The SMILES string of the molecule is CCCCCCCCCCCCNCCCNC(=O)[C@H](O)[C@@H](O)[C@H](O)[C@H](O)CO. The molecule has 1 amide bonds. The molecule has 0 radical (unpaired) electrons. The summed E-state index contributed by atoms with van der Waals surface area (Å²) in [6, 6.07) is 0. The average molecular weight is 421 g/mol. The number of aliphatic hydroxyl groups excluding tert-OH is 5. The van der Waals surface area contributed by atoms with E-state index in [4.69, 9.17) is 5.11 Å². The maximum absolute atomic E-state index is 11.7. The fourth-order valence-corrected chi connectivity index (χ4v) is 3.07. The fraction of sp³-hybridized carbons (Fsp3) is 0.952. The van der Waals surface area contributed by atoms with Crippen LogP contribution in [-0.4, -0.2) is 82.1 Å². The van der Waals surface area contributed by atoms with Gasteiger partial charge in [-0.05, 0) is 25.9 Å². The highest BCUT2D eigenvalue weighted by Gasteiger charge is 2.33. The van der Waals surface area contributed by atoms with Crippen molar-refractivity contribution >= 4 is 5.91 Å². The Labute approximate surface area is 175 Å². The molecule has 0 saturated heterocycles. The van der Waals surface area contributed by atoms with Gasteiger partial charge in [-0.25, -0.2) is 0 Å². The topological polar surface area (TPSA) is 142 Å². The largest absolute Gasteiger partial charge is 0.394 e. The van der Waals surface area contributed by atoms with E-state index < -0.39 is 36.9 Å². The highest BCUT2D eigenvalue weighted by molar-refractivity contribution is 5.81. The molecule has 7 N–H and O–H groups in total. The standard InChI is InChI=1S/C21H44N2O6/c1-2-3-4-5-6-7-8-9-10-11-13-22-14-12-15-23-21(29)20(28)19(27)18(26)17(25)16-24/h17-20,22,24-28H,2-16H2,1H3,(H,23,29)/t17-,18-,19+,20-/m1/s1. The normalized spacial score (nSPS) is 15.7. The van der Waals surface area contributed by atoms with Crippen LogP contribution in [0.25, 0.3) is 0 Å². The first-order valence-electron chi connectivity index (χ1n) is 11.3. The second-order valence-corrected chi connectivity index (χ2v) is 7.75. The summed E-state index contributed by atoms with van der Waals surface area (Å²) in [5.41, 5.74) is 0. The van der Waals surface area contributed by atoms with Crippen molar-refractivity contribution in [3.8, 4) is 0 Å². The highest BCUT2D eigenvalue weighted by atomic mass is 16.4. The molecule has 174 valence electrons. The summed E-state index contributed by atoms with van der Waals surface area (Å²) in [6.45, 7) is 3.46. The van der Waals surface area contributed by atoms with Crippen molar-refractivity contribution < 1.29 is 30.3 Å². The van der Waals surface area contributed by atoms with Gasteiger partial charge in [-0.15, -0.1) is 0 Å². The van der Waals surface area contributed by atoms with Crippen molar-refractivity contribution in [3.05, 3.63) is 0 Å². The van der Waals surface area contributed by atoms with Crippen molar-refractivity contribution in [2.45, 2.75) is 102 Å². The molecule has 0 bridgehead atoms. The zero-order chi connectivity index (χ0) is 21.9. The van der Waals surface area contributed by atoms with Gasteiger partial charge in [0, 0.05) is 6.54 Å². The lowest BCUT2D eigenvalue weighted by Crippen LogP contribution is -2.51. The van der Waals surface area contributed by atoms with Crippen LogP contribution < -0.4 is 10.6 Å². The van der Waals surface area contributed by atoms with Crippen LogP contribution in [0.1, 0.15) is 77.6 Å². The summed E-state index contributed by atoms with van der Waals surface area (Å²) in [6.07, 6.45) is 6.56. The summed E-state index contributed by atoms with van der Waals surface area (Å²) >= 11 is 0. The van der Waals surface area contributed by atoms with Crippen molar-refractivity contribution in [2.24, 2.45) is 0 Å². The molecule has 8 heteroatoms.